The molecular formula is C16H26FN3. The summed E-state index contributed by atoms with van der Waals surface area (Å²) in [5, 5.41) is 7.53. The molecule has 0 heterocycles. The van der Waals surface area contributed by atoms with E-state index < -0.39 is 0 Å². The summed E-state index contributed by atoms with van der Waals surface area (Å²) in [5.74, 6) is 0.0670. The van der Waals surface area contributed by atoms with Gasteiger partial charge in [0.25, 0.3) is 0 Å². The number of nitrogens with zero attached hydrogens (tertiary/aromatic N) is 1. The number of benzene rings is 1. The summed E-state index contributed by atoms with van der Waals surface area (Å²) >= 11 is 0. The van der Waals surface area contributed by atoms with E-state index in [1.807, 2.05) is 32.9 Å². The van der Waals surface area contributed by atoms with Crippen molar-refractivity contribution in [3.63, 3.8) is 0 Å². The molecule has 0 spiro atoms. The summed E-state index contributed by atoms with van der Waals surface area (Å²) in [6, 6.07) is 6.89. The van der Waals surface area contributed by atoms with Crippen LogP contribution in [0.2, 0.25) is 0 Å². The van der Waals surface area contributed by atoms with Crippen molar-refractivity contribution < 1.29 is 4.39 Å². The van der Waals surface area contributed by atoms with E-state index in [0.717, 1.165) is 32.4 Å². The molecule has 1 aromatic rings. The Bertz CT molecular complexity index is 443. The van der Waals surface area contributed by atoms with Crippen LogP contribution in [0, 0.1) is 16.6 Å². The normalized spacial score (nSPS) is 11.4. The summed E-state index contributed by atoms with van der Waals surface area (Å²) in [7, 11) is 0. The van der Waals surface area contributed by atoms with Gasteiger partial charge in [0.1, 0.15) is 5.82 Å². The molecule has 1 rings (SSSR count). The Labute approximate surface area is 121 Å². The lowest BCUT2D eigenvalue weighted by Crippen LogP contribution is -2.31. The van der Waals surface area contributed by atoms with Crippen LogP contribution in [0.15, 0.2) is 24.3 Å². The number of hydrogen-bond donors (Lipinski definition) is 2. The number of rotatable bonds is 8. The molecule has 0 saturated heterocycles. The summed E-state index contributed by atoms with van der Waals surface area (Å²) in [5.41, 5.74) is 6.00. The minimum Gasteiger partial charge on any atom is -0.387 e. The van der Waals surface area contributed by atoms with Gasteiger partial charge in [0.05, 0.1) is 11.5 Å². The number of unbranched alkanes of at least 4 members (excludes halogenated alkanes) is 1. The van der Waals surface area contributed by atoms with Gasteiger partial charge in [0.2, 0.25) is 0 Å². The summed E-state index contributed by atoms with van der Waals surface area (Å²) < 4.78 is 13.7. The monoisotopic (exact) mass is 279 g/mol. The van der Waals surface area contributed by atoms with Crippen LogP contribution in [-0.4, -0.2) is 18.9 Å². The van der Waals surface area contributed by atoms with Gasteiger partial charge >= 0.3 is 0 Å². The second kappa shape index (κ2) is 7.27. The van der Waals surface area contributed by atoms with Crippen LogP contribution in [0.4, 0.5) is 10.1 Å². The van der Waals surface area contributed by atoms with Gasteiger partial charge in [-0.15, -0.1) is 0 Å². The van der Waals surface area contributed by atoms with Gasteiger partial charge < -0.3 is 10.6 Å². The third kappa shape index (κ3) is 4.51. The summed E-state index contributed by atoms with van der Waals surface area (Å²) in [6.07, 6.45) is 2.84. The fourth-order valence-corrected chi connectivity index (χ4v) is 2.16. The zero-order valence-corrected chi connectivity index (χ0v) is 12.7. The van der Waals surface area contributed by atoms with Crippen LogP contribution in [0.5, 0.6) is 0 Å². The Morgan fingerprint density at radius 2 is 1.95 bits per heavy atom. The van der Waals surface area contributed by atoms with E-state index in [1.165, 1.54) is 6.07 Å². The Kier molecular flexibility index (Phi) is 5.99. The maximum atomic E-state index is 13.7. The molecule has 0 fully saturated rings. The molecule has 0 radical (unpaired) electrons. The molecule has 3 nitrogen and oxygen atoms in total. The Morgan fingerprint density at radius 3 is 2.50 bits per heavy atom. The molecule has 20 heavy (non-hydrogen) atoms. The van der Waals surface area contributed by atoms with Gasteiger partial charge in [0.15, 0.2) is 0 Å². The van der Waals surface area contributed by atoms with Crippen molar-refractivity contribution in [2.75, 3.05) is 18.0 Å². The Hall–Kier alpha value is -1.58. The SMILES string of the molecule is CCN(CCCCC(C)(C)C(=N)N)c1ccccc1F. The minimum absolute atomic E-state index is 0.168. The predicted octanol–water partition coefficient (Wildman–Crippen LogP) is 3.78. The lowest BCUT2D eigenvalue weighted by molar-refractivity contribution is 0.441. The van der Waals surface area contributed by atoms with Crippen LogP contribution in [0.3, 0.4) is 0 Å². The van der Waals surface area contributed by atoms with Gasteiger partial charge in [-0.3, -0.25) is 5.41 Å². The Morgan fingerprint density at radius 1 is 1.30 bits per heavy atom. The third-order valence-corrected chi connectivity index (χ3v) is 3.78. The van der Waals surface area contributed by atoms with Crippen molar-refractivity contribution in [2.24, 2.45) is 11.1 Å². The maximum absolute atomic E-state index is 13.7. The molecule has 0 aliphatic rings. The average molecular weight is 279 g/mol. The first kappa shape index (κ1) is 16.5. The number of hydrogen-bond acceptors (Lipinski definition) is 2. The molecule has 4 heteroatoms. The zero-order chi connectivity index (χ0) is 15.2. The second-order valence-electron chi connectivity index (χ2n) is 5.79. The van der Waals surface area contributed by atoms with Crippen LogP contribution >= 0.6 is 0 Å². The van der Waals surface area contributed by atoms with Crippen molar-refractivity contribution in [1.82, 2.24) is 0 Å². The van der Waals surface area contributed by atoms with E-state index in [-0.39, 0.29) is 17.1 Å². The number of para-hydroxylation sites is 1. The van der Waals surface area contributed by atoms with E-state index >= 15 is 0 Å². The van der Waals surface area contributed by atoms with Crippen molar-refractivity contribution in [3.05, 3.63) is 30.1 Å². The van der Waals surface area contributed by atoms with E-state index in [4.69, 9.17) is 11.1 Å². The third-order valence-electron chi connectivity index (χ3n) is 3.78. The summed E-state index contributed by atoms with van der Waals surface area (Å²) in [4.78, 5) is 2.05. The van der Waals surface area contributed by atoms with E-state index in [1.54, 1.807) is 6.07 Å². The highest BCUT2D eigenvalue weighted by Gasteiger charge is 2.20. The first-order valence-electron chi connectivity index (χ1n) is 7.22. The average Bonchev–Trinajstić information content (AvgIpc) is 2.40. The predicted molar refractivity (Wildman–Crippen MR) is 83.8 cm³/mol. The number of amidine groups is 1. The first-order chi connectivity index (χ1) is 9.38. The zero-order valence-electron chi connectivity index (χ0n) is 12.7. The minimum atomic E-state index is -0.241. The molecular weight excluding hydrogens is 253 g/mol. The van der Waals surface area contributed by atoms with E-state index in [0.29, 0.717) is 5.69 Å². The van der Waals surface area contributed by atoms with Crippen LogP contribution in [-0.2, 0) is 0 Å². The fraction of sp³-hybridized carbons (Fsp3) is 0.562. The van der Waals surface area contributed by atoms with Gasteiger partial charge in [-0.25, -0.2) is 4.39 Å². The van der Waals surface area contributed by atoms with Crippen LogP contribution in [0.1, 0.15) is 40.0 Å². The van der Waals surface area contributed by atoms with Gasteiger partial charge in [-0.1, -0.05) is 32.4 Å². The molecule has 0 bridgehead atoms. The maximum Gasteiger partial charge on any atom is 0.146 e. The topological polar surface area (TPSA) is 53.1 Å². The van der Waals surface area contributed by atoms with E-state index in [9.17, 15) is 4.39 Å². The lowest BCUT2D eigenvalue weighted by Gasteiger charge is -2.26. The van der Waals surface area contributed by atoms with Gasteiger partial charge in [-0.05, 0) is 31.9 Å². The molecule has 0 aliphatic carbocycles. The molecule has 3 N–H and O–H groups in total. The number of anilines is 1. The van der Waals surface area contributed by atoms with Crippen molar-refractivity contribution in [3.8, 4) is 0 Å². The number of nitrogens with one attached hydrogen (secondary N) is 1. The molecule has 0 saturated carbocycles. The molecule has 0 amide bonds. The second-order valence-corrected chi connectivity index (χ2v) is 5.79. The highest BCUT2D eigenvalue weighted by molar-refractivity contribution is 5.82. The largest absolute Gasteiger partial charge is 0.387 e. The molecule has 0 aromatic heterocycles. The quantitative estimate of drug-likeness (QED) is 0.432. The van der Waals surface area contributed by atoms with E-state index in [2.05, 4.69) is 4.90 Å². The molecule has 0 unspecified atom stereocenters. The fourth-order valence-electron chi connectivity index (χ4n) is 2.16. The molecule has 1 aromatic carbocycles. The van der Waals surface area contributed by atoms with Gasteiger partial charge in [-0.2, -0.15) is 0 Å². The molecule has 0 aliphatic heterocycles. The van der Waals surface area contributed by atoms with Gasteiger partial charge in [0, 0.05) is 18.5 Å². The lowest BCUT2D eigenvalue weighted by atomic mass is 9.86. The highest BCUT2D eigenvalue weighted by atomic mass is 19.1. The molecule has 0 atom stereocenters. The molecule has 112 valence electrons. The summed E-state index contributed by atoms with van der Waals surface area (Å²) in [6.45, 7) is 7.63. The van der Waals surface area contributed by atoms with Crippen molar-refractivity contribution in [1.29, 1.82) is 5.41 Å². The Balaban J connectivity index is 2.48. The number of nitrogens with two attached hydrogens (primary N) is 1. The first-order valence-corrected chi connectivity index (χ1v) is 7.22. The van der Waals surface area contributed by atoms with Crippen LogP contribution in [0.25, 0.3) is 0 Å². The van der Waals surface area contributed by atoms with Crippen LogP contribution < -0.4 is 10.6 Å². The van der Waals surface area contributed by atoms with Crippen molar-refractivity contribution in [2.45, 2.75) is 40.0 Å². The smallest absolute Gasteiger partial charge is 0.146 e. The number of halogens is 1. The standard InChI is InChI=1S/C16H26FN3/c1-4-20(14-10-6-5-9-13(14)17)12-8-7-11-16(2,3)15(18)19/h5-6,9-10H,4,7-8,11-12H2,1-3H3,(H3,18,19). The highest BCUT2D eigenvalue weighted by Crippen LogP contribution is 2.24. The van der Waals surface area contributed by atoms with Crippen molar-refractivity contribution >= 4 is 11.5 Å².